The van der Waals surface area contributed by atoms with Crippen molar-refractivity contribution >= 4 is 34.9 Å². The summed E-state index contributed by atoms with van der Waals surface area (Å²) in [5, 5.41) is 9.55. The highest BCUT2D eigenvalue weighted by Gasteiger charge is 2.09. The summed E-state index contributed by atoms with van der Waals surface area (Å²) in [5.74, 6) is 1.55. The van der Waals surface area contributed by atoms with Gasteiger partial charge in [-0.2, -0.15) is 0 Å². The van der Waals surface area contributed by atoms with E-state index in [2.05, 4.69) is 30.9 Å². The number of methoxy groups -OCH3 is 2. The van der Waals surface area contributed by atoms with Gasteiger partial charge in [0.1, 0.15) is 5.75 Å². The number of anilines is 2. The number of ether oxygens (including phenoxy) is 2. The van der Waals surface area contributed by atoms with Crippen LogP contribution in [0.4, 0.5) is 11.6 Å². The zero-order chi connectivity index (χ0) is 19.6. The summed E-state index contributed by atoms with van der Waals surface area (Å²) >= 11 is 5.40. The quantitative estimate of drug-likeness (QED) is 0.301. The van der Waals surface area contributed by atoms with Crippen LogP contribution in [-0.4, -0.2) is 48.4 Å². The summed E-state index contributed by atoms with van der Waals surface area (Å²) in [7, 11) is 3.23. The van der Waals surface area contributed by atoms with Crippen molar-refractivity contribution in [2.45, 2.75) is 13.8 Å². The average Bonchev–Trinajstić information content (AvgIpc) is 2.61. The first-order valence-electron chi connectivity index (χ1n) is 8.35. The Hall–Kier alpha value is -2.78. The largest absolute Gasteiger partial charge is 0.495 e. The highest BCUT2D eigenvalue weighted by atomic mass is 32.1. The molecule has 0 fully saturated rings. The zero-order valence-electron chi connectivity index (χ0n) is 15.9. The Labute approximate surface area is 164 Å². The Morgan fingerprint density at radius 3 is 2.48 bits per heavy atom. The second-order valence-electron chi connectivity index (χ2n) is 5.60. The maximum Gasteiger partial charge on any atom is 0.229 e. The number of nitrogens with zero attached hydrogens (tertiary/aromatic N) is 3. The van der Waals surface area contributed by atoms with Crippen LogP contribution in [0.1, 0.15) is 11.4 Å². The zero-order valence-corrected chi connectivity index (χ0v) is 16.7. The lowest BCUT2D eigenvalue weighted by molar-refractivity contribution is 0.208. The Morgan fingerprint density at radius 2 is 1.81 bits per heavy atom. The van der Waals surface area contributed by atoms with Crippen molar-refractivity contribution in [3.05, 3.63) is 41.7 Å². The van der Waals surface area contributed by atoms with Crippen LogP contribution in [0.3, 0.4) is 0 Å². The molecule has 8 nitrogen and oxygen atoms in total. The number of hydrogen-bond donors (Lipinski definition) is 3. The monoisotopic (exact) mass is 388 g/mol. The minimum absolute atomic E-state index is 0.354. The number of para-hydroxylation sites is 2. The van der Waals surface area contributed by atoms with Crippen LogP contribution in [0.25, 0.3) is 0 Å². The van der Waals surface area contributed by atoms with E-state index in [-0.39, 0.29) is 0 Å². The highest BCUT2D eigenvalue weighted by molar-refractivity contribution is 7.80. The molecule has 0 saturated carbocycles. The molecule has 0 unspecified atom stereocenters. The fourth-order valence-corrected chi connectivity index (χ4v) is 2.46. The number of thiocarbonyl (C=S) groups is 1. The Bertz CT molecular complexity index is 792. The molecular weight excluding hydrogens is 364 g/mol. The lowest BCUT2D eigenvalue weighted by Gasteiger charge is -2.15. The van der Waals surface area contributed by atoms with Crippen LogP contribution in [0.5, 0.6) is 5.75 Å². The summed E-state index contributed by atoms with van der Waals surface area (Å²) < 4.78 is 10.4. The van der Waals surface area contributed by atoms with Crippen LogP contribution in [0.2, 0.25) is 0 Å². The molecule has 0 amide bonds. The molecule has 2 aromatic rings. The molecule has 27 heavy (non-hydrogen) atoms. The summed E-state index contributed by atoms with van der Waals surface area (Å²) in [5.41, 5.74) is 2.46. The first-order valence-corrected chi connectivity index (χ1v) is 8.76. The minimum atomic E-state index is 0.354. The highest BCUT2D eigenvalue weighted by Crippen LogP contribution is 2.22. The molecule has 0 atom stereocenters. The van der Waals surface area contributed by atoms with Gasteiger partial charge in [0, 0.05) is 18.5 Å². The number of nitrogens with one attached hydrogen (secondary N) is 3. The Balaban J connectivity index is 2.11. The molecule has 0 aliphatic carbocycles. The maximum atomic E-state index is 5.40. The van der Waals surface area contributed by atoms with Gasteiger partial charge in [0.2, 0.25) is 11.9 Å². The molecule has 9 heteroatoms. The molecule has 0 spiro atoms. The molecule has 0 radical (unpaired) electrons. The van der Waals surface area contributed by atoms with Gasteiger partial charge >= 0.3 is 0 Å². The topological polar surface area (TPSA) is 92.7 Å². The molecule has 144 valence electrons. The third-order valence-electron chi connectivity index (χ3n) is 3.36. The van der Waals surface area contributed by atoms with E-state index in [1.54, 1.807) is 14.2 Å². The van der Waals surface area contributed by atoms with E-state index in [9.17, 15) is 0 Å². The normalized spacial score (nSPS) is 11.0. The summed E-state index contributed by atoms with van der Waals surface area (Å²) in [6.07, 6.45) is 0. The van der Waals surface area contributed by atoms with E-state index in [1.807, 2.05) is 44.2 Å². The fourth-order valence-electron chi connectivity index (χ4n) is 2.26. The van der Waals surface area contributed by atoms with Gasteiger partial charge in [-0.1, -0.05) is 12.1 Å². The Kier molecular flexibility index (Phi) is 7.90. The molecule has 3 N–H and O–H groups in total. The molecule has 1 aromatic carbocycles. The summed E-state index contributed by atoms with van der Waals surface area (Å²) in [6.45, 7) is 4.74. The van der Waals surface area contributed by atoms with E-state index in [0.717, 1.165) is 17.1 Å². The van der Waals surface area contributed by atoms with Gasteiger partial charge in [-0.15, -0.1) is 0 Å². The van der Waals surface area contributed by atoms with Crippen molar-refractivity contribution in [2.75, 3.05) is 38.0 Å². The van der Waals surface area contributed by atoms with Crippen LogP contribution in [0.15, 0.2) is 35.3 Å². The lowest BCUT2D eigenvalue weighted by atomic mass is 10.3. The van der Waals surface area contributed by atoms with Gasteiger partial charge in [0.15, 0.2) is 5.11 Å². The number of rotatable bonds is 6. The second kappa shape index (κ2) is 10.4. The SMILES string of the molecule is COCCN=C(NC(=S)Nc1ccccc1OC)Nc1nc(C)cc(C)n1. The number of aryl methyl sites for hydroxylation is 2. The van der Waals surface area contributed by atoms with Gasteiger partial charge in [0.25, 0.3) is 0 Å². The van der Waals surface area contributed by atoms with Gasteiger partial charge in [-0.3, -0.25) is 10.3 Å². The molecule has 2 rings (SSSR count). The number of benzene rings is 1. The predicted octanol–water partition coefficient (Wildman–Crippen LogP) is 2.50. The van der Waals surface area contributed by atoms with E-state index in [4.69, 9.17) is 21.7 Å². The summed E-state index contributed by atoms with van der Waals surface area (Å²) in [4.78, 5) is 13.1. The van der Waals surface area contributed by atoms with Gasteiger partial charge in [-0.05, 0) is 44.3 Å². The van der Waals surface area contributed by atoms with Crippen LogP contribution in [-0.2, 0) is 4.74 Å². The number of hydrogen-bond acceptors (Lipinski definition) is 6. The van der Waals surface area contributed by atoms with Crippen molar-refractivity contribution < 1.29 is 9.47 Å². The van der Waals surface area contributed by atoms with Gasteiger partial charge < -0.3 is 20.1 Å². The number of guanidine groups is 1. The van der Waals surface area contributed by atoms with Crippen molar-refractivity contribution in [3.8, 4) is 5.75 Å². The van der Waals surface area contributed by atoms with E-state index in [0.29, 0.717) is 35.9 Å². The van der Waals surface area contributed by atoms with Crippen LogP contribution >= 0.6 is 12.2 Å². The average molecular weight is 388 g/mol. The number of aliphatic imine (C=N–C) groups is 1. The van der Waals surface area contributed by atoms with Crippen LogP contribution < -0.4 is 20.7 Å². The molecule has 0 saturated heterocycles. The third-order valence-corrected chi connectivity index (χ3v) is 3.57. The van der Waals surface area contributed by atoms with Gasteiger partial charge in [-0.25, -0.2) is 9.97 Å². The lowest BCUT2D eigenvalue weighted by Crippen LogP contribution is -2.39. The molecule has 0 aliphatic rings. The van der Waals surface area contributed by atoms with E-state index in [1.165, 1.54) is 0 Å². The fraction of sp³-hybridized carbons (Fsp3) is 0.333. The first-order chi connectivity index (χ1) is 13.0. The maximum absolute atomic E-state index is 5.40. The smallest absolute Gasteiger partial charge is 0.229 e. The van der Waals surface area contributed by atoms with Crippen molar-refractivity contribution in [1.29, 1.82) is 0 Å². The summed E-state index contributed by atoms with van der Waals surface area (Å²) in [6, 6.07) is 9.39. The van der Waals surface area contributed by atoms with Crippen molar-refractivity contribution in [3.63, 3.8) is 0 Å². The molecule has 1 heterocycles. The minimum Gasteiger partial charge on any atom is -0.495 e. The van der Waals surface area contributed by atoms with Crippen molar-refractivity contribution in [2.24, 2.45) is 4.99 Å². The van der Waals surface area contributed by atoms with Crippen molar-refractivity contribution in [1.82, 2.24) is 15.3 Å². The molecular formula is C18H24N6O2S. The third kappa shape index (κ3) is 6.80. The molecule has 1 aromatic heterocycles. The molecule has 0 bridgehead atoms. The van der Waals surface area contributed by atoms with E-state index >= 15 is 0 Å². The Morgan fingerprint density at radius 1 is 1.11 bits per heavy atom. The molecule has 0 aliphatic heterocycles. The predicted molar refractivity (Wildman–Crippen MR) is 112 cm³/mol. The van der Waals surface area contributed by atoms with Gasteiger partial charge in [0.05, 0.1) is 25.9 Å². The number of aromatic nitrogens is 2. The first kappa shape index (κ1) is 20.5. The second-order valence-corrected chi connectivity index (χ2v) is 6.01. The van der Waals surface area contributed by atoms with E-state index < -0.39 is 0 Å². The standard InChI is InChI=1S/C18H24N6O2S/c1-12-11-13(2)21-17(20-12)23-16(19-9-10-25-3)24-18(27)22-14-7-5-6-8-15(14)26-4/h5-8,11H,9-10H2,1-4H3,(H3,19,20,21,22,23,24,27). The van der Waals surface area contributed by atoms with Crippen LogP contribution in [0, 0.1) is 13.8 Å².